The third-order valence-corrected chi connectivity index (χ3v) is 3.47. The minimum absolute atomic E-state index is 0.0600. The topological polar surface area (TPSA) is 127 Å². The number of aromatic nitrogens is 4. The van der Waals surface area contributed by atoms with Gasteiger partial charge in [-0.2, -0.15) is 0 Å². The molecule has 2 heterocycles. The lowest BCUT2D eigenvalue weighted by atomic mass is 10.1. The van der Waals surface area contributed by atoms with Crippen LogP contribution in [0.3, 0.4) is 0 Å². The van der Waals surface area contributed by atoms with Crippen LogP contribution in [-0.2, 0) is 9.53 Å². The van der Waals surface area contributed by atoms with Crippen molar-refractivity contribution in [1.29, 1.82) is 0 Å². The van der Waals surface area contributed by atoms with E-state index in [9.17, 15) is 14.7 Å². The smallest absolute Gasteiger partial charge is 0.325 e. The SMILES string of the molecule is CCOC(=O)CNC(=O)c1c(O)ccc2nc(-c3cncnc3)cnc12. The molecule has 132 valence electrons. The minimum atomic E-state index is -0.647. The second kappa shape index (κ2) is 7.51. The van der Waals surface area contributed by atoms with Gasteiger partial charge in [0.05, 0.1) is 24.0 Å². The Labute approximate surface area is 148 Å². The standard InChI is InChI=1S/C17H15N5O4/c1-2-26-14(24)8-21-17(25)15-13(23)4-3-11-16(15)20-7-12(22-11)10-5-18-9-19-6-10/h3-7,9,23H,2,8H2,1H3,(H,21,25). The van der Waals surface area contributed by atoms with Gasteiger partial charge in [0.1, 0.15) is 29.7 Å². The largest absolute Gasteiger partial charge is 0.507 e. The molecular weight excluding hydrogens is 338 g/mol. The fourth-order valence-electron chi connectivity index (χ4n) is 2.32. The van der Waals surface area contributed by atoms with Crippen molar-refractivity contribution in [3.05, 3.63) is 42.6 Å². The molecule has 0 spiro atoms. The summed E-state index contributed by atoms with van der Waals surface area (Å²) in [7, 11) is 0. The molecule has 3 aromatic rings. The van der Waals surface area contributed by atoms with Gasteiger partial charge in [0.15, 0.2) is 0 Å². The Balaban J connectivity index is 1.94. The molecule has 0 saturated heterocycles. The summed E-state index contributed by atoms with van der Waals surface area (Å²) in [4.78, 5) is 40.3. The highest BCUT2D eigenvalue weighted by Crippen LogP contribution is 2.26. The van der Waals surface area contributed by atoms with E-state index in [0.717, 1.165) is 0 Å². The van der Waals surface area contributed by atoms with Crippen molar-refractivity contribution in [1.82, 2.24) is 25.3 Å². The molecule has 0 aliphatic carbocycles. The Morgan fingerprint density at radius 3 is 2.69 bits per heavy atom. The van der Waals surface area contributed by atoms with Crippen molar-refractivity contribution in [3.63, 3.8) is 0 Å². The zero-order chi connectivity index (χ0) is 18.5. The number of esters is 1. The van der Waals surface area contributed by atoms with Crippen LogP contribution in [0.15, 0.2) is 37.1 Å². The van der Waals surface area contributed by atoms with Crippen LogP contribution in [0.2, 0.25) is 0 Å². The van der Waals surface area contributed by atoms with Crippen molar-refractivity contribution in [3.8, 4) is 17.0 Å². The lowest BCUT2D eigenvalue weighted by Crippen LogP contribution is -2.31. The van der Waals surface area contributed by atoms with Gasteiger partial charge in [-0.25, -0.2) is 15.0 Å². The Hall–Kier alpha value is -3.62. The Morgan fingerprint density at radius 2 is 1.96 bits per heavy atom. The number of phenols is 1. The second-order valence-corrected chi connectivity index (χ2v) is 5.20. The van der Waals surface area contributed by atoms with Crippen molar-refractivity contribution >= 4 is 22.9 Å². The van der Waals surface area contributed by atoms with Crippen molar-refractivity contribution < 1.29 is 19.4 Å². The molecule has 9 heteroatoms. The highest BCUT2D eigenvalue weighted by Gasteiger charge is 2.18. The number of hydrogen-bond acceptors (Lipinski definition) is 8. The summed E-state index contributed by atoms with van der Waals surface area (Å²) >= 11 is 0. The molecule has 2 N–H and O–H groups in total. The molecule has 0 unspecified atom stereocenters. The van der Waals surface area contributed by atoms with Gasteiger partial charge in [-0.3, -0.25) is 14.6 Å². The van der Waals surface area contributed by atoms with E-state index in [-0.39, 0.29) is 30.0 Å². The molecule has 1 aromatic carbocycles. The summed E-state index contributed by atoms with van der Waals surface area (Å²) in [5.74, 6) is -1.48. The minimum Gasteiger partial charge on any atom is -0.507 e. The van der Waals surface area contributed by atoms with E-state index in [1.54, 1.807) is 25.4 Å². The Kier molecular flexibility index (Phi) is 4.97. The quantitative estimate of drug-likeness (QED) is 0.652. The van der Waals surface area contributed by atoms with Crippen LogP contribution >= 0.6 is 0 Å². The van der Waals surface area contributed by atoms with E-state index in [4.69, 9.17) is 4.74 Å². The summed E-state index contributed by atoms with van der Waals surface area (Å²) in [6, 6.07) is 2.90. The molecule has 26 heavy (non-hydrogen) atoms. The number of carbonyl (C=O) groups is 2. The summed E-state index contributed by atoms with van der Waals surface area (Å²) in [6.07, 6.45) is 6.05. The first-order valence-electron chi connectivity index (χ1n) is 7.78. The molecule has 9 nitrogen and oxygen atoms in total. The number of ether oxygens (including phenoxy) is 1. The number of benzene rings is 1. The average Bonchev–Trinajstić information content (AvgIpc) is 2.66. The molecule has 2 aromatic heterocycles. The Bertz CT molecular complexity index is 962. The lowest BCUT2D eigenvalue weighted by Gasteiger charge is -2.09. The number of nitrogens with one attached hydrogen (secondary N) is 1. The summed E-state index contributed by atoms with van der Waals surface area (Å²) < 4.78 is 4.75. The van der Waals surface area contributed by atoms with Crippen LogP contribution < -0.4 is 5.32 Å². The molecule has 1 amide bonds. The molecule has 0 fully saturated rings. The van der Waals surface area contributed by atoms with Crippen LogP contribution in [0.4, 0.5) is 0 Å². The summed E-state index contributed by atoms with van der Waals surface area (Å²) in [5, 5.41) is 12.5. The van der Waals surface area contributed by atoms with Gasteiger partial charge >= 0.3 is 5.97 Å². The Morgan fingerprint density at radius 1 is 1.19 bits per heavy atom. The maximum absolute atomic E-state index is 12.4. The number of phenolic OH excluding ortho intramolecular Hbond substituents is 1. The second-order valence-electron chi connectivity index (χ2n) is 5.20. The number of carbonyl (C=O) groups excluding carboxylic acids is 2. The van der Waals surface area contributed by atoms with Gasteiger partial charge in [-0.1, -0.05) is 0 Å². The number of aromatic hydroxyl groups is 1. The summed E-state index contributed by atoms with van der Waals surface area (Å²) in [5.41, 5.74) is 1.76. The monoisotopic (exact) mass is 353 g/mol. The third-order valence-electron chi connectivity index (χ3n) is 3.47. The van der Waals surface area contributed by atoms with E-state index in [1.165, 1.54) is 18.6 Å². The van der Waals surface area contributed by atoms with E-state index in [0.29, 0.717) is 16.8 Å². The fourth-order valence-corrected chi connectivity index (χ4v) is 2.32. The van der Waals surface area contributed by atoms with E-state index < -0.39 is 11.9 Å². The molecule has 0 saturated carbocycles. The maximum Gasteiger partial charge on any atom is 0.325 e. The van der Waals surface area contributed by atoms with E-state index in [1.807, 2.05) is 0 Å². The van der Waals surface area contributed by atoms with Gasteiger partial charge in [-0.15, -0.1) is 0 Å². The molecule has 0 bridgehead atoms. The van der Waals surface area contributed by atoms with Crippen LogP contribution in [-0.4, -0.2) is 50.1 Å². The number of nitrogens with zero attached hydrogens (tertiary/aromatic N) is 4. The van der Waals surface area contributed by atoms with Crippen molar-refractivity contribution in [2.24, 2.45) is 0 Å². The number of hydrogen-bond donors (Lipinski definition) is 2. The molecule has 3 rings (SSSR count). The van der Waals surface area contributed by atoms with Crippen molar-refractivity contribution in [2.75, 3.05) is 13.2 Å². The first kappa shape index (κ1) is 17.2. The van der Waals surface area contributed by atoms with Gasteiger partial charge in [0.2, 0.25) is 0 Å². The normalized spacial score (nSPS) is 10.5. The van der Waals surface area contributed by atoms with Crippen LogP contribution in [0.5, 0.6) is 5.75 Å². The molecule has 0 aliphatic heterocycles. The molecular formula is C17H15N5O4. The van der Waals surface area contributed by atoms with Crippen molar-refractivity contribution in [2.45, 2.75) is 6.92 Å². The zero-order valence-corrected chi connectivity index (χ0v) is 13.8. The average molecular weight is 353 g/mol. The molecule has 0 atom stereocenters. The predicted molar refractivity (Wildman–Crippen MR) is 91.2 cm³/mol. The first-order chi connectivity index (χ1) is 12.6. The highest BCUT2D eigenvalue weighted by molar-refractivity contribution is 6.08. The van der Waals surface area contributed by atoms with Gasteiger partial charge in [0.25, 0.3) is 5.91 Å². The number of rotatable bonds is 5. The maximum atomic E-state index is 12.4. The molecule has 0 aliphatic rings. The van der Waals surface area contributed by atoms with Gasteiger partial charge < -0.3 is 15.2 Å². The zero-order valence-electron chi connectivity index (χ0n) is 13.8. The third kappa shape index (κ3) is 3.56. The number of amides is 1. The lowest BCUT2D eigenvalue weighted by molar-refractivity contribution is -0.141. The highest BCUT2D eigenvalue weighted by atomic mass is 16.5. The summed E-state index contributed by atoms with van der Waals surface area (Å²) in [6.45, 7) is 1.57. The number of fused-ring (bicyclic) bond motifs is 1. The van der Waals surface area contributed by atoms with E-state index >= 15 is 0 Å². The van der Waals surface area contributed by atoms with E-state index in [2.05, 4.69) is 25.3 Å². The van der Waals surface area contributed by atoms with Crippen LogP contribution in [0, 0.1) is 0 Å². The van der Waals surface area contributed by atoms with Gasteiger partial charge in [0, 0.05) is 18.0 Å². The molecule has 0 radical (unpaired) electrons. The van der Waals surface area contributed by atoms with Crippen LogP contribution in [0.25, 0.3) is 22.3 Å². The van der Waals surface area contributed by atoms with Crippen LogP contribution in [0.1, 0.15) is 17.3 Å². The predicted octanol–water partition coefficient (Wildman–Crippen LogP) is 1.09. The van der Waals surface area contributed by atoms with Gasteiger partial charge in [-0.05, 0) is 19.1 Å². The first-order valence-corrected chi connectivity index (χ1v) is 7.78. The fraction of sp³-hybridized carbons (Fsp3) is 0.176.